The van der Waals surface area contributed by atoms with Crippen molar-refractivity contribution in [1.29, 1.82) is 5.26 Å². The maximum Gasteiger partial charge on any atom is 0.146 e. The van der Waals surface area contributed by atoms with Gasteiger partial charge in [-0.25, -0.2) is 15.0 Å². The highest BCUT2D eigenvalue weighted by molar-refractivity contribution is 9.10. The maximum atomic E-state index is 9.33. The Morgan fingerprint density at radius 2 is 2.27 bits per heavy atom. The van der Waals surface area contributed by atoms with Crippen LogP contribution in [0.5, 0.6) is 0 Å². The first-order valence-corrected chi connectivity index (χ1v) is 8.07. The van der Waals surface area contributed by atoms with Crippen LogP contribution in [0.3, 0.4) is 0 Å². The summed E-state index contributed by atoms with van der Waals surface area (Å²) < 4.78 is 0.827. The van der Waals surface area contributed by atoms with Gasteiger partial charge in [0.25, 0.3) is 0 Å². The highest BCUT2D eigenvalue weighted by atomic mass is 79.9. The summed E-state index contributed by atoms with van der Waals surface area (Å²) in [7, 11) is 0. The molecule has 1 unspecified atom stereocenters. The van der Waals surface area contributed by atoms with E-state index in [1.54, 1.807) is 6.20 Å². The maximum absolute atomic E-state index is 9.33. The van der Waals surface area contributed by atoms with Crippen molar-refractivity contribution in [3.8, 4) is 6.07 Å². The fraction of sp³-hybridized carbons (Fsp3) is 0.375. The van der Waals surface area contributed by atoms with E-state index in [-0.39, 0.29) is 0 Å². The van der Waals surface area contributed by atoms with Crippen molar-refractivity contribution >= 4 is 21.7 Å². The van der Waals surface area contributed by atoms with Crippen molar-refractivity contribution in [2.24, 2.45) is 0 Å². The van der Waals surface area contributed by atoms with Crippen LogP contribution >= 0.6 is 15.9 Å². The van der Waals surface area contributed by atoms with E-state index in [4.69, 9.17) is 0 Å². The first kappa shape index (κ1) is 14.9. The molecular weight excluding hydrogens is 342 g/mol. The third-order valence-electron chi connectivity index (χ3n) is 3.89. The Morgan fingerprint density at radius 1 is 1.41 bits per heavy atom. The van der Waals surface area contributed by atoms with Crippen molar-refractivity contribution in [3.63, 3.8) is 0 Å². The minimum absolute atomic E-state index is 0.354. The third kappa shape index (κ3) is 3.09. The van der Waals surface area contributed by atoms with E-state index >= 15 is 0 Å². The van der Waals surface area contributed by atoms with Gasteiger partial charge in [-0.2, -0.15) is 5.26 Å². The minimum atomic E-state index is 0.354. The number of hydrogen-bond acceptors (Lipinski definition) is 5. The summed E-state index contributed by atoms with van der Waals surface area (Å²) in [4.78, 5) is 15.3. The molecule has 0 radical (unpaired) electrons. The monoisotopic (exact) mass is 357 g/mol. The van der Waals surface area contributed by atoms with E-state index in [9.17, 15) is 5.26 Å². The number of aryl methyl sites for hydroxylation is 1. The summed E-state index contributed by atoms with van der Waals surface area (Å²) in [6.07, 6.45) is 5.73. The van der Waals surface area contributed by atoms with Gasteiger partial charge in [-0.3, -0.25) is 0 Å². The second-order valence-corrected chi connectivity index (χ2v) is 6.37. The smallest absolute Gasteiger partial charge is 0.146 e. The molecule has 1 aliphatic heterocycles. The normalized spacial score (nSPS) is 18.0. The summed E-state index contributed by atoms with van der Waals surface area (Å²) in [6.45, 7) is 3.66. The number of aromatic nitrogens is 3. The molecular formula is C16H16BrN5. The van der Waals surface area contributed by atoms with E-state index < -0.39 is 0 Å². The molecule has 0 N–H and O–H groups in total. The predicted octanol–water partition coefficient (Wildman–Crippen LogP) is 3.20. The molecule has 3 rings (SSSR count). The van der Waals surface area contributed by atoms with Crippen LogP contribution in [-0.4, -0.2) is 28.0 Å². The van der Waals surface area contributed by atoms with Crippen LogP contribution in [0, 0.1) is 18.3 Å². The van der Waals surface area contributed by atoms with E-state index in [0.717, 1.165) is 47.7 Å². The third-order valence-corrected chi connectivity index (χ3v) is 4.32. The lowest BCUT2D eigenvalue weighted by Crippen LogP contribution is -2.35. The van der Waals surface area contributed by atoms with Gasteiger partial charge in [0.05, 0.1) is 5.56 Å². The molecule has 0 aliphatic carbocycles. The number of nitriles is 1. The van der Waals surface area contributed by atoms with Gasteiger partial charge < -0.3 is 4.90 Å². The molecule has 6 heteroatoms. The van der Waals surface area contributed by atoms with Gasteiger partial charge in [0.1, 0.15) is 17.7 Å². The standard InChI is InChI=1S/C16H16BrN5/c1-11-19-5-4-15(21-11)12-3-2-6-22(10-12)16-13(8-18)7-14(17)9-20-16/h4-5,7,9,12H,2-3,6,10H2,1H3. The summed E-state index contributed by atoms with van der Waals surface area (Å²) >= 11 is 3.37. The molecule has 2 aromatic heterocycles. The highest BCUT2D eigenvalue weighted by Gasteiger charge is 2.25. The number of hydrogen-bond donors (Lipinski definition) is 0. The lowest BCUT2D eigenvalue weighted by molar-refractivity contribution is 0.497. The van der Waals surface area contributed by atoms with Crippen LogP contribution in [0.4, 0.5) is 5.82 Å². The molecule has 0 amide bonds. The number of nitrogens with zero attached hydrogens (tertiary/aromatic N) is 5. The summed E-state index contributed by atoms with van der Waals surface area (Å²) in [6, 6.07) is 6.05. The average Bonchev–Trinajstić information content (AvgIpc) is 2.55. The molecule has 0 spiro atoms. The van der Waals surface area contributed by atoms with Crippen LogP contribution in [-0.2, 0) is 0 Å². The molecule has 1 fully saturated rings. The number of piperidine rings is 1. The van der Waals surface area contributed by atoms with Gasteiger partial charge in [0, 0.05) is 41.6 Å². The van der Waals surface area contributed by atoms with Crippen LogP contribution < -0.4 is 4.90 Å². The molecule has 0 aromatic carbocycles. The van der Waals surface area contributed by atoms with Crippen LogP contribution in [0.25, 0.3) is 0 Å². The first-order chi connectivity index (χ1) is 10.7. The lowest BCUT2D eigenvalue weighted by Gasteiger charge is -2.33. The van der Waals surface area contributed by atoms with Crippen LogP contribution in [0.2, 0.25) is 0 Å². The average molecular weight is 358 g/mol. The molecule has 0 bridgehead atoms. The second kappa shape index (κ2) is 6.41. The highest BCUT2D eigenvalue weighted by Crippen LogP contribution is 2.30. The van der Waals surface area contributed by atoms with Crippen molar-refractivity contribution in [3.05, 3.63) is 46.1 Å². The van der Waals surface area contributed by atoms with Crippen molar-refractivity contribution in [2.45, 2.75) is 25.7 Å². The lowest BCUT2D eigenvalue weighted by atomic mass is 9.94. The molecule has 5 nitrogen and oxygen atoms in total. The van der Waals surface area contributed by atoms with Gasteiger partial charge in [-0.1, -0.05) is 0 Å². The minimum Gasteiger partial charge on any atom is -0.355 e. The van der Waals surface area contributed by atoms with Gasteiger partial charge in [-0.15, -0.1) is 0 Å². The number of halogens is 1. The zero-order valence-electron chi connectivity index (χ0n) is 12.3. The fourth-order valence-corrected chi connectivity index (χ4v) is 3.21. The summed E-state index contributed by atoms with van der Waals surface area (Å²) in [5.74, 6) is 1.92. The molecule has 22 heavy (non-hydrogen) atoms. The Labute approximate surface area is 138 Å². The molecule has 0 saturated carbocycles. The van der Waals surface area contributed by atoms with E-state index in [1.807, 2.05) is 25.3 Å². The number of anilines is 1. The Kier molecular flexibility index (Phi) is 4.34. The van der Waals surface area contributed by atoms with E-state index in [1.165, 1.54) is 0 Å². The largest absolute Gasteiger partial charge is 0.355 e. The Bertz CT molecular complexity index is 725. The van der Waals surface area contributed by atoms with Gasteiger partial charge in [0.2, 0.25) is 0 Å². The summed E-state index contributed by atoms with van der Waals surface area (Å²) in [5, 5.41) is 9.33. The van der Waals surface area contributed by atoms with Gasteiger partial charge in [0.15, 0.2) is 0 Å². The van der Waals surface area contributed by atoms with Crippen LogP contribution in [0.1, 0.15) is 35.8 Å². The fourth-order valence-electron chi connectivity index (χ4n) is 2.88. The SMILES string of the molecule is Cc1nccc(C2CCCN(c3ncc(Br)cc3C#N)C2)n1. The van der Waals surface area contributed by atoms with Crippen LogP contribution in [0.15, 0.2) is 29.0 Å². The van der Waals surface area contributed by atoms with Crippen molar-refractivity contribution < 1.29 is 0 Å². The molecule has 3 heterocycles. The Balaban J connectivity index is 1.86. The number of rotatable bonds is 2. The zero-order chi connectivity index (χ0) is 15.5. The number of pyridine rings is 1. The van der Waals surface area contributed by atoms with Crippen molar-refractivity contribution in [1.82, 2.24) is 15.0 Å². The quantitative estimate of drug-likeness (QED) is 0.825. The van der Waals surface area contributed by atoms with Gasteiger partial charge in [-0.05, 0) is 47.8 Å². The second-order valence-electron chi connectivity index (χ2n) is 5.45. The summed E-state index contributed by atoms with van der Waals surface area (Å²) in [5.41, 5.74) is 1.68. The molecule has 112 valence electrons. The van der Waals surface area contributed by atoms with Gasteiger partial charge >= 0.3 is 0 Å². The van der Waals surface area contributed by atoms with E-state index in [2.05, 4.69) is 41.9 Å². The Hall–Kier alpha value is -2.00. The topological polar surface area (TPSA) is 65.7 Å². The molecule has 1 saturated heterocycles. The first-order valence-electron chi connectivity index (χ1n) is 7.27. The zero-order valence-corrected chi connectivity index (χ0v) is 13.9. The molecule has 1 aliphatic rings. The van der Waals surface area contributed by atoms with E-state index in [0.29, 0.717) is 11.5 Å². The predicted molar refractivity (Wildman–Crippen MR) is 87.6 cm³/mol. The molecule has 1 atom stereocenters. The Morgan fingerprint density at radius 3 is 3.05 bits per heavy atom. The molecule has 2 aromatic rings. The van der Waals surface area contributed by atoms with Crippen molar-refractivity contribution in [2.75, 3.05) is 18.0 Å².